The lowest BCUT2D eigenvalue weighted by Crippen LogP contribution is -2.08. The highest BCUT2D eigenvalue weighted by Crippen LogP contribution is 2.27. The van der Waals surface area contributed by atoms with Crippen LogP contribution in [0.25, 0.3) is 28.2 Å². The molecule has 1 aromatic carbocycles. The number of hydrogen-bond donors (Lipinski definition) is 2. The van der Waals surface area contributed by atoms with Crippen molar-refractivity contribution in [2.24, 2.45) is 0 Å². The van der Waals surface area contributed by atoms with Gasteiger partial charge in [0.15, 0.2) is 11.5 Å². The van der Waals surface area contributed by atoms with Gasteiger partial charge in [-0.1, -0.05) is 12.1 Å². The number of phenols is 1. The molecule has 0 aliphatic heterocycles. The minimum absolute atomic E-state index is 0.103. The van der Waals surface area contributed by atoms with E-state index in [1.165, 1.54) is 4.68 Å². The molecule has 124 valence electrons. The third-order valence-electron chi connectivity index (χ3n) is 3.95. The largest absolute Gasteiger partial charge is 0.506 e. The lowest BCUT2D eigenvalue weighted by molar-refractivity contribution is 0.469. The molecule has 0 fully saturated rings. The maximum Gasteiger partial charge on any atom is 0.262 e. The number of rotatable bonds is 2. The van der Waals surface area contributed by atoms with E-state index >= 15 is 0 Å². The monoisotopic (exact) mass is 333 g/mol. The number of aromatic nitrogens is 5. The van der Waals surface area contributed by atoms with Gasteiger partial charge in [0, 0.05) is 12.4 Å². The first-order valence-corrected chi connectivity index (χ1v) is 7.74. The summed E-state index contributed by atoms with van der Waals surface area (Å²) in [6, 6.07) is 8.97. The summed E-state index contributed by atoms with van der Waals surface area (Å²) in [5.41, 5.74) is 2.88. The van der Waals surface area contributed by atoms with Gasteiger partial charge in [-0.25, -0.2) is 9.67 Å². The molecule has 3 heterocycles. The van der Waals surface area contributed by atoms with Crippen LogP contribution in [-0.2, 0) is 0 Å². The van der Waals surface area contributed by atoms with Gasteiger partial charge in [0.25, 0.3) is 5.56 Å². The molecular formula is C18H15N5O2. The van der Waals surface area contributed by atoms with Crippen molar-refractivity contribution in [3.63, 3.8) is 0 Å². The number of H-pyrrole nitrogens is 1. The molecule has 4 aromatic rings. The average molecular weight is 333 g/mol. The average Bonchev–Trinajstić information content (AvgIpc) is 2.99. The highest BCUT2D eigenvalue weighted by Gasteiger charge is 2.15. The predicted octanol–water partition coefficient (Wildman–Crippen LogP) is 2.49. The topological polar surface area (TPSA) is 96.7 Å². The number of phenolic OH excluding ortho intramolecular Hbond substituents is 1. The summed E-state index contributed by atoms with van der Waals surface area (Å²) in [6.45, 7) is 3.78. The molecule has 7 nitrogen and oxygen atoms in total. The lowest BCUT2D eigenvalue weighted by atomic mass is 10.1. The van der Waals surface area contributed by atoms with Gasteiger partial charge < -0.3 is 10.1 Å². The van der Waals surface area contributed by atoms with E-state index in [0.29, 0.717) is 28.2 Å². The van der Waals surface area contributed by atoms with Crippen LogP contribution in [0.1, 0.15) is 11.1 Å². The fourth-order valence-electron chi connectivity index (χ4n) is 2.89. The SMILES string of the molecule is Cc1cc(C)c(-n2cc3c(=O)[nH]c(-c4ccccn4)nc3n2)c(O)c1. The van der Waals surface area contributed by atoms with E-state index in [2.05, 4.69) is 20.1 Å². The Kier molecular flexibility index (Phi) is 3.35. The zero-order valence-corrected chi connectivity index (χ0v) is 13.7. The van der Waals surface area contributed by atoms with Gasteiger partial charge in [-0.15, -0.1) is 5.10 Å². The highest BCUT2D eigenvalue weighted by atomic mass is 16.3. The van der Waals surface area contributed by atoms with Crippen molar-refractivity contribution in [1.82, 2.24) is 24.7 Å². The van der Waals surface area contributed by atoms with E-state index in [1.54, 1.807) is 30.6 Å². The molecule has 0 saturated heterocycles. The Labute approximate surface area is 142 Å². The van der Waals surface area contributed by atoms with E-state index in [4.69, 9.17) is 0 Å². The lowest BCUT2D eigenvalue weighted by Gasteiger charge is -2.09. The number of fused-ring (bicyclic) bond motifs is 1. The van der Waals surface area contributed by atoms with Gasteiger partial charge in [0.05, 0.1) is 0 Å². The Morgan fingerprint density at radius 3 is 2.76 bits per heavy atom. The van der Waals surface area contributed by atoms with Gasteiger partial charge >= 0.3 is 0 Å². The van der Waals surface area contributed by atoms with Crippen LogP contribution < -0.4 is 5.56 Å². The Morgan fingerprint density at radius 2 is 2.04 bits per heavy atom. The first-order valence-electron chi connectivity index (χ1n) is 7.74. The Balaban J connectivity index is 1.92. The van der Waals surface area contributed by atoms with Gasteiger partial charge in [-0.2, -0.15) is 0 Å². The van der Waals surface area contributed by atoms with Crippen molar-refractivity contribution >= 4 is 11.0 Å². The quantitative estimate of drug-likeness (QED) is 0.587. The van der Waals surface area contributed by atoms with Crippen LogP contribution in [0.4, 0.5) is 0 Å². The van der Waals surface area contributed by atoms with E-state index in [-0.39, 0.29) is 11.3 Å². The zero-order valence-electron chi connectivity index (χ0n) is 13.7. The molecule has 2 N–H and O–H groups in total. The molecule has 0 atom stereocenters. The summed E-state index contributed by atoms with van der Waals surface area (Å²) in [5, 5.41) is 15.0. The molecule has 0 saturated carbocycles. The van der Waals surface area contributed by atoms with E-state index < -0.39 is 0 Å². The molecule has 3 aromatic heterocycles. The first-order chi connectivity index (χ1) is 12.0. The van der Waals surface area contributed by atoms with Crippen molar-refractivity contribution in [1.29, 1.82) is 0 Å². The first kappa shape index (κ1) is 15.1. The van der Waals surface area contributed by atoms with Crippen molar-refractivity contribution in [3.8, 4) is 23.0 Å². The maximum atomic E-state index is 12.4. The Bertz CT molecular complexity index is 1120. The second kappa shape index (κ2) is 5.55. The molecule has 0 spiro atoms. The summed E-state index contributed by atoms with van der Waals surface area (Å²) in [5.74, 6) is 0.458. The number of aromatic hydroxyl groups is 1. The molecule has 0 aliphatic carbocycles. The van der Waals surface area contributed by atoms with Crippen LogP contribution in [-0.4, -0.2) is 29.8 Å². The Morgan fingerprint density at radius 1 is 1.20 bits per heavy atom. The number of benzene rings is 1. The second-order valence-corrected chi connectivity index (χ2v) is 5.89. The summed E-state index contributed by atoms with van der Waals surface area (Å²) in [6.07, 6.45) is 3.20. The Hall–Kier alpha value is -3.48. The molecule has 0 radical (unpaired) electrons. The standard InChI is InChI=1S/C18H15N5O2/c1-10-7-11(2)15(14(24)8-10)23-9-12-16(22-23)20-17(21-18(12)25)13-5-3-4-6-19-13/h3-9,24H,1-2H3,(H,20,21,22,25). The molecule has 4 rings (SSSR count). The summed E-state index contributed by atoms with van der Waals surface area (Å²) < 4.78 is 1.49. The van der Waals surface area contributed by atoms with Crippen LogP contribution in [0.2, 0.25) is 0 Å². The van der Waals surface area contributed by atoms with Crippen LogP contribution in [0.5, 0.6) is 5.75 Å². The summed E-state index contributed by atoms with van der Waals surface area (Å²) >= 11 is 0. The predicted molar refractivity (Wildman–Crippen MR) is 93.9 cm³/mol. The minimum Gasteiger partial charge on any atom is -0.506 e. The zero-order chi connectivity index (χ0) is 17.6. The second-order valence-electron chi connectivity index (χ2n) is 5.89. The molecule has 0 bridgehead atoms. The minimum atomic E-state index is -0.304. The number of pyridine rings is 1. The molecule has 0 aliphatic rings. The fourth-order valence-corrected chi connectivity index (χ4v) is 2.89. The fraction of sp³-hybridized carbons (Fsp3) is 0.111. The van der Waals surface area contributed by atoms with Crippen LogP contribution in [0, 0.1) is 13.8 Å². The van der Waals surface area contributed by atoms with Crippen LogP contribution in [0.3, 0.4) is 0 Å². The van der Waals surface area contributed by atoms with Gasteiger partial charge in [-0.3, -0.25) is 9.78 Å². The number of aromatic amines is 1. The van der Waals surface area contributed by atoms with Gasteiger partial charge in [0.2, 0.25) is 0 Å². The normalized spacial score (nSPS) is 11.1. The molecule has 7 heteroatoms. The number of hydrogen-bond acceptors (Lipinski definition) is 5. The van der Waals surface area contributed by atoms with Gasteiger partial charge in [-0.05, 0) is 43.2 Å². The number of nitrogens with zero attached hydrogens (tertiary/aromatic N) is 4. The number of nitrogens with one attached hydrogen (secondary N) is 1. The van der Waals surface area contributed by atoms with E-state index in [0.717, 1.165) is 11.1 Å². The van der Waals surface area contributed by atoms with Crippen molar-refractivity contribution in [2.75, 3.05) is 0 Å². The number of aryl methyl sites for hydroxylation is 2. The summed E-state index contributed by atoms with van der Waals surface area (Å²) in [7, 11) is 0. The van der Waals surface area contributed by atoms with Crippen LogP contribution >= 0.6 is 0 Å². The van der Waals surface area contributed by atoms with E-state index in [9.17, 15) is 9.90 Å². The molecular weight excluding hydrogens is 318 g/mol. The van der Waals surface area contributed by atoms with Crippen molar-refractivity contribution in [3.05, 3.63) is 64.2 Å². The van der Waals surface area contributed by atoms with E-state index in [1.807, 2.05) is 26.0 Å². The third kappa shape index (κ3) is 2.55. The molecule has 0 unspecified atom stereocenters. The highest BCUT2D eigenvalue weighted by molar-refractivity contribution is 5.76. The van der Waals surface area contributed by atoms with Crippen LogP contribution in [0.15, 0.2) is 47.5 Å². The summed E-state index contributed by atoms with van der Waals surface area (Å²) in [4.78, 5) is 23.7. The molecule has 0 amide bonds. The smallest absolute Gasteiger partial charge is 0.262 e. The van der Waals surface area contributed by atoms with Gasteiger partial charge in [0.1, 0.15) is 22.5 Å². The molecule has 25 heavy (non-hydrogen) atoms. The third-order valence-corrected chi connectivity index (χ3v) is 3.95. The van der Waals surface area contributed by atoms with Crippen molar-refractivity contribution < 1.29 is 5.11 Å². The van der Waals surface area contributed by atoms with Crippen molar-refractivity contribution in [2.45, 2.75) is 13.8 Å². The maximum absolute atomic E-state index is 12.4.